The summed E-state index contributed by atoms with van der Waals surface area (Å²) in [6, 6.07) is 7.33. The first-order valence-electron chi connectivity index (χ1n) is 11.2. The molecule has 1 aliphatic carbocycles. The summed E-state index contributed by atoms with van der Waals surface area (Å²) in [5, 5.41) is 0. The lowest BCUT2D eigenvalue weighted by Crippen LogP contribution is -2.46. The molecule has 1 amide bonds. The van der Waals surface area contributed by atoms with Crippen LogP contribution in [0.4, 0.5) is 4.39 Å². The van der Waals surface area contributed by atoms with Gasteiger partial charge in [0.15, 0.2) is 0 Å². The standard InChI is InChI=1S/C25H25FN4O3/c1-15-8-12-30(18-5-3-17(26)4-6-18)24(33)20(15)23(32)29-13-10-25(11-14-29)9-7-19-21(25)27-16(2)28-22(19)31/h3-6,8,12H,7,9-11,13-14H2,1-2H3,(H,27,28,31). The molecule has 1 N–H and O–H groups in total. The Hall–Kier alpha value is -3.55. The molecule has 8 heteroatoms. The molecule has 0 bridgehead atoms. The molecule has 170 valence electrons. The molecule has 0 saturated carbocycles. The number of benzene rings is 1. The lowest BCUT2D eigenvalue weighted by molar-refractivity contribution is 0.0660. The molecular weight excluding hydrogens is 423 g/mol. The summed E-state index contributed by atoms with van der Waals surface area (Å²) in [5.41, 5.74) is 2.23. The highest BCUT2D eigenvalue weighted by Crippen LogP contribution is 2.44. The van der Waals surface area contributed by atoms with Crippen molar-refractivity contribution in [1.82, 2.24) is 19.4 Å². The molecule has 3 heterocycles. The van der Waals surface area contributed by atoms with Gasteiger partial charge in [-0.2, -0.15) is 0 Å². The van der Waals surface area contributed by atoms with Gasteiger partial charge in [-0.1, -0.05) is 0 Å². The number of carbonyl (C=O) groups excluding carboxylic acids is 1. The Morgan fingerprint density at radius 1 is 1.06 bits per heavy atom. The third-order valence-corrected chi connectivity index (χ3v) is 7.12. The first kappa shape index (κ1) is 21.3. The molecule has 3 aromatic rings. The van der Waals surface area contributed by atoms with Gasteiger partial charge in [-0.3, -0.25) is 19.0 Å². The van der Waals surface area contributed by atoms with E-state index in [2.05, 4.69) is 9.97 Å². The number of rotatable bonds is 2. The molecule has 1 aromatic carbocycles. The van der Waals surface area contributed by atoms with Gasteiger partial charge in [0.25, 0.3) is 17.0 Å². The van der Waals surface area contributed by atoms with Crippen LogP contribution >= 0.6 is 0 Å². The average molecular weight is 448 g/mol. The Morgan fingerprint density at radius 3 is 2.45 bits per heavy atom. The maximum Gasteiger partial charge on any atom is 0.268 e. The molecule has 1 saturated heterocycles. The Labute approximate surface area is 189 Å². The van der Waals surface area contributed by atoms with Gasteiger partial charge in [-0.15, -0.1) is 0 Å². The number of amides is 1. The largest absolute Gasteiger partial charge is 0.338 e. The van der Waals surface area contributed by atoms with Crippen LogP contribution in [0.2, 0.25) is 0 Å². The van der Waals surface area contributed by atoms with E-state index in [1.165, 1.54) is 28.8 Å². The smallest absolute Gasteiger partial charge is 0.268 e. The summed E-state index contributed by atoms with van der Waals surface area (Å²) >= 11 is 0. The zero-order chi connectivity index (χ0) is 23.3. The first-order chi connectivity index (χ1) is 15.8. The van der Waals surface area contributed by atoms with Crippen molar-refractivity contribution >= 4 is 5.91 Å². The second-order valence-corrected chi connectivity index (χ2v) is 9.08. The van der Waals surface area contributed by atoms with Crippen molar-refractivity contribution < 1.29 is 9.18 Å². The van der Waals surface area contributed by atoms with Gasteiger partial charge in [-0.25, -0.2) is 9.37 Å². The van der Waals surface area contributed by atoms with E-state index in [9.17, 15) is 18.8 Å². The number of halogens is 1. The van der Waals surface area contributed by atoms with Gasteiger partial charge in [0.2, 0.25) is 0 Å². The minimum atomic E-state index is -0.415. The van der Waals surface area contributed by atoms with Gasteiger partial charge in [0, 0.05) is 36.0 Å². The number of nitrogens with one attached hydrogen (secondary N) is 1. The number of fused-ring (bicyclic) bond motifs is 2. The van der Waals surface area contributed by atoms with Crippen molar-refractivity contribution in [2.75, 3.05) is 13.1 Å². The predicted molar refractivity (Wildman–Crippen MR) is 121 cm³/mol. The van der Waals surface area contributed by atoms with Gasteiger partial charge < -0.3 is 9.88 Å². The van der Waals surface area contributed by atoms with Crippen LogP contribution in [0.1, 0.15) is 52.3 Å². The number of aromatic nitrogens is 3. The molecular formula is C25H25FN4O3. The molecule has 2 aromatic heterocycles. The van der Waals surface area contributed by atoms with Crippen molar-refractivity contribution in [2.45, 2.75) is 44.9 Å². The second kappa shape index (κ2) is 7.79. The lowest BCUT2D eigenvalue weighted by Gasteiger charge is -2.39. The van der Waals surface area contributed by atoms with E-state index >= 15 is 0 Å². The summed E-state index contributed by atoms with van der Waals surface area (Å²) < 4.78 is 14.7. The number of carbonyl (C=O) groups is 1. The molecule has 1 fully saturated rings. The maximum absolute atomic E-state index is 13.4. The number of piperidine rings is 1. The molecule has 1 aliphatic heterocycles. The van der Waals surface area contributed by atoms with Crippen LogP contribution in [-0.4, -0.2) is 38.4 Å². The minimum absolute atomic E-state index is 0.0610. The van der Waals surface area contributed by atoms with E-state index in [1.807, 2.05) is 0 Å². The number of aryl methyl sites for hydroxylation is 2. The zero-order valence-corrected chi connectivity index (χ0v) is 18.7. The van der Waals surface area contributed by atoms with Crippen LogP contribution in [-0.2, 0) is 11.8 Å². The predicted octanol–water partition coefficient (Wildman–Crippen LogP) is 2.80. The molecule has 1 spiro atoms. The highest BCUT2D eigenvalue weighted by molar-refractivity contribution is 5.95. The number of H-pyrrole nitrogens is 1. The van der Waals surface area contributed by atoms with Crippen LogP contribution in [0.3, 0.4) is 0 Å². The molecule has 0 radical (unpaired) electrons. The monoisotopic (exact) mass is 448 g/mol. The normalized spacial score (nSPS) is 16.8. The van der Waals surface area contributed by atoms with Crippen molar-refractivity contribution in [3.8, 4) is 5.69 Å². The number of hydrogen-bond acceptors (Lipinski definition) is 4. The van der Waals surface area contributed by atoms with Gasteiger partial charge in [-0.05, 0) is 75.4 Å². The van der Waals surface area contributed by atoms with E-state index in [1.54, 1.807) is 31.0 Å². The van der Waals surface area contributed by atoms with Crippen LogP contribution in [0.15, 0.2) is 46.1 Å². The minimum Gasteiger partial charge on any atom is -0.338 e. The third kappa shape index (κ3) is 3.50. The summed E-state index contributed by atoms with van der Waals surface area (Å²) in [7, 11) is 0. The Bertz CT molecular complexity index is 1370. The molecule has 5 rings (SSSR count). The quantitative estimate of drug-likeness (QED) is 0.653. The SMILES string of the molecule is Cc1nc2c(c(=O)[nH]1)CCC21CCN(C(=O)c2c(C)ccn(-c3ccc(F)cc3)c2=O)CC1. The van der Waals surface area contributed by atoms with Crippen LogP contribution in [0.25, 0.3) is 5.69 Å². The van der Waals surface area contributed by atoms with E-state index < -0.39 is 11.4 Å². The van der Waals surface area contributed by atoms with Gasteiger partial charge in [0.1, 0.15) is 17.2 Å². The van der Waals surface area contributed by atoms with Crippen molar-refractivity contribution in [2.24, 2.45) is 0 Å². The molecule has 0 unspecified atom stereocenters. The third-order valence-electron chi connectivity index (χ3n) is 7.12. The fourth-order valence-corrected chi connectivity index (χ4v) is 5.24. The fourth-order valence-electron chi connectivity index (χ4n) is 5.24. The van der Waals surface area contributed by atoms with Gasteiger partial charge >= 0.3 is 0 Å². The second-order valence-electron chi connectivity index (χ2n) is 9.08. The first-order valence-corrected chi connectivity index (χ1v) is 11.2. The van der Waals surface area contributed by atoms with Crippen LogP contribution < -0.4 is 11.1 Å². The van der Waals surface area contributed by atoms with Gasteiger partial charge in [0.05, 0.1) is 5.69 Å². The van der Waals surface area contributed by atoms with E-state index in [0.717, 1.165) is 17.7 Å². The maximum atomic E-state index is 13.4. The van der Waals surface area contributed by atoms with E-state index in [4.69, 9.17) is 0 Å². The number of hydrogen-bond donors (Lipinski definition) is 1. The van der Waals surface area contributed by atoms with E-state index in [0.29, 0.717) is 49.4 Å². The lowest BCUT2D eigenvalue weighted by atomic mass is 9.76. The highest BCUT2D eigenvalue weighted by atomic mass is 19.1. The molecule has 0 atom stereocenters. The Morgan fingerprint density at radius 2 is 1.76 bits per heavy atom. The van der Waals surface area contributed by atoms with Crippen LogP contribution in [0.5, 0.6) is 0 Å². The summed E-state index contributed by atoms with van der Waals surface area (Å²) in [6.07, 6.45) is 4.57. The number of nitrogens with zero attached hydrogens (tertiary/aromatic N) is 3. The molecule has 2 aliphatic rings. The number of pyridine rings is 1. The Kier molecular flexibility index (Phi) is 5.03. The highest BCUT2D eigenvalue weighted by Gasteiger charge is 2.44. The van der Waals surface area contributed by atoms with Crippen molar-refractivity contribution in [3.63, 3.8) is 0 Å². The molecule has 33 heavy (non-hydrogen) atoms. The van der Waals surface area contributed by atoms with E-state index in [-0.39, 0.29) is 22.4 Å². The molecule has 7 nitrogen and oxygen atoms in total. The summed E-state index contributed by atoms with van der Waals surface area (Å²) in [6.45, 7) is 4.53. The zero-order valence-electron chi connectivity index (χ0n) is 18.7. The summed E-state index contributed by atoms with van der Waals surface area (Å²) in [5.74, 6) is -0.0746. The van der Waals surface area contributed by atoms with Crippen molar-refractivity contribution in [3.05, 3.63) is 91.3 Å². The number of likely N-dealkylation sites (tertiary alicyclic amines) is 1. The van der Waals surface area contributed by atoms with Crippen molar-refractivity contribution in [1.29, 1.82) is 0 Å². The number of aromatic amines is 1. The topological polar surface area (TPSA) is 88.1 Å². The average Bonchev–Trinajstić information content (AvgIpc) is 3.13. The Balaban J connectivity index is 1.42. The van der Waals surface area contributed by atoms with Crippen LogP contribution in [0, 0.1) is 19.7 Å². The summed E-state index contributed by atoms with van der Waals surface area (Å²) in [4.78, 5) is 48.1. The fraction of sp³-hybridized carbons (Fsp3) is 0.360.